The highest BCUT2D eigenvalue weighted by molar-refractivity contribution is 7.88. The van der Waals surface area contributed by atoms with E-state index in [2.05, 4.69) is 6.92 Å². The van der Waals surface area contributed by atoms with Crippen molar-refractivity contribution in [2.24, 2.45) is 0 Å². The van der Waals surface area contributed by atoms with Crippen LogP contribution in [0.5, 0.6) is 0 Å². The Bertz CT molecular complexity index is 472. The fourth-order valence-electron chi connectivity index (χ4n) is 1.70. The highest BCUT2D eigenvalue weighted by Crippen LogP contribution is 2.16. The van der Waals surface area contributed by atoms with Crippen molar-refractivity contribution in [3.63, 3.8) is 0 Å². The van der Waals surface area contributed by atoms with E-state index in [9.17, 15) is 8.42 Å². The van der Waals surface area contributed by atoms with Gasteiger partial charge in [-0.15, -0.1) is 0 Å². The van der Waals surface area contributed by atoms with Crippen molar-refractivity contribution >= 4 is 15.7 Å². The molecule has 2 N–H and O–H groups in total. The summed E-state index contributed by atoms with van der Waals surface area (Å²) < 4.78 is 25.7. The highest BCUT2D eigenvalue weighted by atomic mass is 32.2. The van der Waals surface area contributed by atoms with E-state index in [0.717, 1.165) is 19.3 Å². The Kier molecular flexibility index (Phi) is 5.62. The van der Waals surface area contributed by atoms with Crippen LogP contribution in [0.2, 0.25) is 0 Å². The number of anilines is 1. The molecule has 0 saturated carbocycles. The van der Waals surface area contributed by atoms with Crippen LogP contribution in [0.15, 0.2) is 24.3 Å². The summed E-state index contributed by atoms with van der Waals surface area (Å²) in [5, 5.41) is 0. The summed E-state index contributed by atoms with van der Waals surface area (Å²) in [6, 6.07) is 7.09. The van der Waals surface area contributed by atoms with Crippen LogP contribution in [0.3, 0.4) is 0 Å². The maximum absolute atomic E-state index is 12.1. The van der Waals surface area contributed by atoms with E-state index in [0.29, 0.717) is 17.8 Å². The van der Waals surface area contributed by atoms with Crippen LogP contribution in [0.4, 0.5) is 5.69 Å². The number of benzene rings is 1. The smallest absolute Gasteiger partial charge is 0.218 e. The number of hydrogen-bond acceptors (Lipinski definition) is 3. The molecule has 5 heteroatoms. The van der Waals surface area contributed by atoms with Gasteiger partial charge in [0.25, 0.3) is 0 Å². The molecule has 4 nitrogen and oxygen atoms in total. The Morgan fingerprint density at radius 3 is 2.50 bits per heavy atom. The molecule has 102 valence electrons. The van der Waals surface area contributed by atoms with Crippen molar-refractivity contribution in [3.8, 4) is 0 Å². The molecule has 18 heavy (non-hydrogen) atoms. The molecular formula is C13H22N2O2S. The van der Waals surface area contributed by atoms with Crippen molar-refractivity contribution in [3.05, 3.63) is 29.8 Å². The van der Waals surface area contributed by atoms with Crippen LogP contribution in [0, 0.1) is 0 Å². The number of nitrogens with two attached hydrogens (primary N) is 1. The van der Waals surface area contributed by atoms with Crippen molar-refractivity contribution in [1.29, 1.82) is 0 Å². The maximum atomic E-state index is 12.1. The first-order valence-corrected chi connectivity index (χ1v) is 7.85. The SMILES string of the molecule is CCCCCN(C)S(=O)(=O)Cc1ccccc1N. The molecule has 0 spiro atoms. The lowest BCUT2D eigenvalue weighted by Gasteiger charge is -2.17. The van der Waals surface area contributed by atoms with E-state index < -0.39 is 10.0 Å². The Labute approximate surface area is 110 Å². The van der Waals surface area contributed by atoms with Gasteiger partial charge in [0.15, 0.2) is 0 Å². The largest absolute Gasteiger partial charge is 0.398 e. The molecule has 0 heterocycles. The molecule has 0 radical (unpaired) electrons. The van der Waals surface area contributed by atoms with Gasteiger partial charge in [-0.2, -0.15) is 0 Å². The Morgan fingerprint density at radius 1 is 1.22 bits per heavy atom. The number of sulfonamides is 1. The second-order valence-electron chi connectivity index (χ2n) is 4.48. The first-order valence-electron chi connectivity index (χ1n) is 6.24. The summed E-state index contributed by atoms with van der Waals surface area (Å²) >= 11 is 0. The van der Waals surface area contributed by atoms with Crippen molar-refractivity contribution < 1.29 is 8.42 Å². The molecule has 1 rings (SSSR count). The number of hydrogen-bond donors (Lipinski definition) is 1. The average Bonchev–Trinajstić information content (AvgIpc) is 2.32. The van der Waals surface area contributed by atoms with E-state index in [1.54, 1.807) is 31.3 Å². The summed E-state index contributed by atoms with van der Waals surface area (Å²) in [6.07, 6.45) is 3.03. The molecule has 1 aromatic carbocycles. The minimum absolute atomic E-state index is 0.0255. The van der Waals surface area contributed by atoms with E-state index in [1.165, 1.54) is 4.31 Å². The van der Waals surface area contributed by atoms with Gasteiger partial charge in [0.05, 0.1) is 5.75 Å². The molecule has 0 aliphatic carbocycles. The van der Waals surface area contributed by atoms with Crippen LogP contribution >= 0.6 is 0 Å². The molecule has 0 atom stereocenters. The topological polar surface area (TPSA) is 63.4 Å². The van der Waals surface area contributed by atoms with Gasteiger partial charge in [-0.3, -0.25) is 0 Å². The van der Waals surface area contributed by atoms with Gasteiger partial charge in [0.1, 0.15) is 0 Å². The number of rotatable bonds is 7. The normalized spacial score (nSPS) is 11.9. The number of para-hydroxylation sites is 1. The molecular weight excluding hydrogens is 248 g/mol. The van der Waals surface area contributed by atoms with Crippen LogP contribution in [-0.4, -0.2) is 26.3 Å². The molecule has 0 aliphatic heterocycles. The summed E-state index contributed by atoms with van der Waals surface area (Å²) in [5.41, 5.74) is 6.96. The maximum Gasteiger partial charge on any atom is 0.218 e. The van der Waals surface area contributed by atoms with Gasteiger partial charge in [0, 0.05) is 19.3 Å². The highest BCUT2D eigenvalue weighted by Gasteiger charge is 2.18. The van der Waals surface area contributed by atoms with Gasteiger partial charge in [-0.25, -0.2) is 12.7 Å². The van der Waals surface area contributed by atoms with Crippen molar-refractivity contribution in [1.82, 2.24) is 4.31 Å². The third-order valence-electron chi connectivity index (χ3n) is 2.94. The molecule has 0 bridgehead atoms. The number of nitrogens with zero attached hydrogens (tertiary/aromatic N) is 1. The molecule has 0 aromatic heterocycles. The zero-order valence-electron chi connectivity index (χ0n) is 11.1. The Morgan fingerprint density at radius 2 is 1.89 bits per heavy atom. The molecule has 0 aliphatic rings. The zero-order valence-corrected chi connectivity index (χ0v) is 11.9. The van der Waals surface area contributed by atoms with E-state index >= 15 is 0 Å². The second kappa shape index (κ2) is 6.75. The standard InChI is InChI=1S/C13H22N2O2S/c1-3-4-7-10-15(2)18(16,17)11-12-8-5-6-9-13(12)14/h5-6,8-9H,3-4,7,10-11,14H2,1-2H3. The van der Waals surface area contributed by atoms with Gasteiger partial charge in [0.2, 0.25) is 10.0 Å². The molecule has 1 aromatic rings. The first kappa shape index (κ1) is 15.0. The minimum atomic E-state index is -3.26. The third kappa shape index (κ3) is 4.31. The predicted molar refractivity (Wildman–Crippen MR) is 75.6 cm³/mol. The monoisotopic (exact) mass is 270 g/mol. The van der Waals surface area contributed by atoms with Crippen LogP contribution in [0.25, 0.3) is 0 Å². The van der Waals surface area contributed by atoms with E-state index in [1.807, 2.05) is 0 Å². The summed E-state index contributed by atoms with van der Waals surface area (Å²) in [5.74, 6) is -0.0255. The van der Waals surface area contributed by atoms with Gasteiger partial charge < -0.3 is 5.73 Å². The minimum Gasteiger partial charge on any atom is -0.398 e. The summed E-state index contributed by atoms with van der Waals surface area (Å²) in [7, 11) is -1.63. The molecule has 0 saturated heterocycles. The fraction of sp³-hybridized carbons (Fsp3) is 0.538. The Balaban J connectivity index is 2.67. The number of nitrogen functional groups attached to an aromatic ring is 1. The average molecular weight is 270 g/mol. The van der Waals surface area contributed by atoms with Crippen LogP contribution in [0.1, 0.15) is 31.7 Å². The zero-order chi connectivity index (χ0) is 13.6. The lowest BCUT2D eigenvalue weighted by molar-refractivity contribution is 0.453. The first-order chi connectivity index (χ1) is 8.47. The summed E-state index contributed by atoms with van der Waals surface area (Å²) in [4.78, 5) is 0. The van der Waals surface area contributed by atoms with Crippen molar-refractivity contribution in [2.45, 2.75) is 31.9 Å². The van der Waals surface area contributed by atoms with Gasteiger partial charge in [-0.1, -0.05) is 38.0 Å². The molecule has 0 amide bonds. The van der Waals surface area contributed by atoms with E-state index in [4.69, 9.17) is 5.73 Å². The lowest BCUT2D eigenvalue weighted by atomic mass is 10.2. The van der Waals surface area contributed by atoms with Gasteiger partial charge >= 0.3 is 0 Å². The fourth-order valence-corrected chi connectivity index (χ4v) is 2.98. The van der Waals surface area contributed by atoms with Crippen LogP contribution in [-0.2, 0) is 15.8 Å². The van der Waals surface area contributed by atoms with Crippen LogP contribution < -0.4 is 5.73 Å². The van der Waals surface area contributed by atoms with Crippen molar-refractivity contribution in [2.75, 3.05) is 19.3 Å². The molecule has 0 unspecified atom stereocenters. The molecule has 0 fully saturated rings. The third-order valence-corrected chi connectivity index (χ3v) is 4.75. The summed E-state index contributed by atoms with van der Waals surface area (Å²) in [6.45, 7) is 2.67. The lowest BCUT2D eigenvalue weighted by Crippen LogP contribution is -2.29. The Hall–Kier alpha value is -1.07. The quantitative estimate of drug-likeness (QED) is 0.610. The van der Waals surface area contributed by atoms with Gasteiger partial charge in [-0.05, 0) is 18.1 Å². The van der Waals surface area contributed by atoms with E-state index in [-0.39, 0.29) is 5.75 Å². The number of unbranched alkanes of at least 4 members (excludes halogenated alkanes) is 2. The predicted octanol–water partition coefficient (Wildman–Crippen LogP) is 2.22. The second-order valence-corrected chi connectivity index (χ2v) is 6.56.